The number of imidazole rings is 1. The topological polar surface area (TPSA) is 81.2 Å². The van der Waals surface area contributed by atoms with Crippen molar-refractivity contribution in [3.8, 4) is 22.7 Å². The Kier molecular flexibility index (Phi) is 6.18. The molecule has 2 unspecified atom stereocenters. The summed E-state index contributed by atoms with van der Waals surface area (Å²) in [6.45, 7) is 2.32. The number of hydrogen-bond donors (Lipinski definition) is 1. The maximum absolute atomic E-state index is 13.5. The second-order valence-corrected chi connectivity index (χ2v) is 9.46. The van der Waals surface area contributed by atoms with E-state index in [4.69, 9.17) is 4.74 Å². The molecule has 8 nitrogen and oxygen atoms in total. The van der Waals surface area contributed by atoms with Crippen LogP contribution in [0.1, 0.15) is 24.6 Å². The van der Waals surface area contributed by atoms with Crippen molar-refractivity contribution < 1.29 is 23.0 Å². The molecular formula is C26H27F3N6O2. The number of aryl methyl sites for hydroxylation is 2. The predicted octanol–water partition coefficient (Wildman–Crippen LogP) is 4.50. The number of alkyl halides is 3. The minimum atomic E-state index is -4.50. The van der Waals surface area contributed by atoms with Crippen LogP contribution in [0, 0.1) is 6.92 Å². The molecule has 0 radical (unpaired) electrons. The van der Waals surface area contributed by atoms with E-state index in [1.54, 1.807) is 50.8 Å². The third kappa shape index (κ3) is 4.66. The Balaban J connectivity index is 1.50. The smallest absolute Gasteiger partial charge is 0.406 e. The van der Waals surface area contributed by atoms with E-state index < -0.39 is 24.5 Å². The van der Waals surface area contributed by atoms with Crippen molar-refractivity contribution in [1.82, 2.24) is 24.5 Å². The maximum Gasteiger partial charge on any atom is 0.406 e. The molecule has 1 aliphatic heterocycles. The number of aliphatic hydroxyl groups excluding tert-OH is 1. The Morgan fingerprint density at radius 1 is 1.14 bits per heavy atom. The molecule has 1 N–H and O–H groups in total. The summed E-state index contributed by atoms with van der Waals surface area (Å²) in [5.41, 5.74) is 2.82. The van der Waals surface area contributed by atoms with E-state index >= 15 is 0 Å². The Morgan fingerprint density at radius 3 is 2.62 bits per heavy atom. The molecule has 0 amide bonds. The molecule has 37 heavy (non-hydrogen) atoms. The van der Waals surface area contributed by atoms with Gasteiger partial charge in [-0.2, -0.15) is 13.2 Å². The van der Waals surface area contributed by atoms with E-state index in [0.717, 1.165) is 21.8 Å². The number of rotatable bonds is 5. The van der Waals surface area contributed by atoms with Gasteiger partial charge in [-0.15, -0.1) is 5.10 Å². The number of para-hydroxylation sites is 1. The largest absolute Gasteiger partial charge is 0.495 e. The fourth-order valence-electron chi connectivity index (χ4n) is 4.83. The molecule has 0 aliphatic carbocycles. The minimum Gasteiger partial charge on any atom is -0.495 e. The molecule has 2 aromatic carbocycles. The highest BCUT2D eigenvalue weighted by Crippen LogP contribution is 2.39. The Hall–Kier alpha value is -3.86. The molecule has 0 spiro atoms. The SMILES string of the molecule is COc1cc(-c2cn(C3(C)CCc4ccccc4N(CC(F)(F)F)C3O)nn2)ccc1-n1cnc(C)c1. The number of fused-ring (bicyclic) bond motifs is 1. The molecule has 0 saturated carbocycles. The van der Waals surface area contributed by atoms with E-state index in [1.807, 2.05) is 35.9 Å². The molecule has 0 bridgehead atoms. The van der Waals surface area contributed by atoms with Crippen molar-refractivity contribution in [3.63, 3.8) is 0 Å². The summed E-state index contributed by atoms with van der Waals surface area (Å²) in [4.78, 5) is 5.26. The maximum atomic E-state index is 13.5. The Labute approximate surface area is 211 Å². The second kappa shape index (κ2) is 9.22. The number of aromatic nitrogens is 5. The van der Waals surface area contributed by atoms with Crippen molar-refractivity contribution in [2.24, 2.45) is 0 Å². The summed E-state index contributed by atoms with van der Waals surface area (Å²) in [6.07, 6.45) is 0.0769. The van der Waals surface area contributed by atoms with Gasteiger partial charge in [0, 0.05) is 17.4 Å². The molecular weight excluding hydrogens is 485 g/mol. The van der Waals surface area contributed by atoms with Crippen LogP contribution in [0.5, 0.6) is 5.75 Å². The molecule has 3 heterocycles. The van der Waals surface area contributed by atoms with Gasteiger partial charge in [-0.3, -0.25) is 0 Å². The lowest BCUT2D eigenvalue weighted by Gasteiger charge is -2.40. The first-order valence-corrected chi connectivity index (χ1v) is 11.8. The first kappa shape index (κ1) is 24.8. The van der Waals surface area contributed by atoms with Crippen LogP contribution in [0.4, 0.5) is 18.9 Å². The zero-order chi connectivity index (χ0) is 26.4. The van der Waals surface area contributed by atoms with Gasteiger partial charge in [0.2, 0.25) is 0 Å². The first-order valence-electron chi connectivity index (χ1n) is 11.8. The second-order valence-electron chi connectivity index (χ2n) is 9.46. The van der Waals surface area contributed by atoms with E-state index in [2.05, 4.69) is 15.3 Å². The van der Waals surface area contributed by atoms with Crippen molar-refractivity contribution in [2.75, 3.05) is 18.6 Å². The van der Waals surface area contributed by atoms with Gasteiger partial charge in [-0.25, -0.2) is 9.67 Å². The average Bonchev–Trinajstić information content (AvgIpc) is 3.52. The molecule has 2 aromatic heterocycles. The third-order valence-corrected chi connectivity index (χ3v) is 6.88. The lowest BCUT2D eigenvalue weighted by Crippen LogP contribution is -2.54. The van der Waals surface area contributed by atoms with Crippen LogP contribution in [0.2, 0.25) is 0 Å². The van der Waals surface area contributed by atoms with Gasteiger partial charge in [-0.1, -0.05) is 29.5 Å². The van der Waals surface area contributed by atoms with Crippen LogP contribution < -0.4 is 9.64 Å². The van der Waals surface area contributed by atoms with E-state index in [-0.39, 0.29) is 0 Å². The minimum absolute atomic E-state index is 0.366. The zero-order valence-corrected chi connectivity index (χ0v) is 20.6. The molecule has 194 valence electrons. The van der Waals surface area contributed by atoms with Crippen molar-refractivity contribution in [1.29, 1.82) is 0 Å². The van der Waals surface area contributed by atoms with E-state index in [0.29, 0.717) is 35.5 Å². The highest BCUT2D eigenvalue weighted by atomic mass is 19.4. The fourth-order valence-corrected chi connectivity index (χ4v) is 4.83. The number of benzene rings is 2. The van der Waals surface area contributed by atoms with Crippen molar-refractivity contribution >= 4 is 5.69 Å². The van der Waals surface area contributed by atoms with Crippen molar-refractivity contribution in [3.05, 3.63) is 72.4 Å². The predicted molar refractivity (Wildman–Crippen MR) is 132 cm³/mol. The quantitative estimate of drug-likeness (QED) is 0.424. The average molecular weight is 513 g/mol. The van der Waals surface area contributed by atoms with Gasteiger partial charge >= 0.3 is 6.18 Å². The lowest BCUT2D eigenvalue weighted by atomic mass is 9.92. The molecule has 5 rings (SSSR count). The number of anilines is 1. The van der Waals surface area contributed by atoms with Crippen LogP contribution in [0.25, 0.3) is 16.9 Å². The standard InChI is InChI=1S/C26H27F3N6O2/c1-17-13-33(16-30-17)22-9-8-19(12-23(22)37-3)20-14-35(32-31-20)25(2)11-10-18-6-4-5-7-21(18)34(24(25)36)15-26(27,28)29/h4-9,12-14,16,24,36H,10-11,15H2,1-3H3. The van der Waals surface area contributed by atoms with Crippen LogP contribution in [0.3, 0.4) is 0 Å². The van der Waals surface area contributed by atoms with Gasteiger partial charge < -0.3 is 19.3 Å². The number of hydrogen-bond acceptors (Lipinski definition) is 6. The van der Waals surface area contributed by atoms with E-state index in [1.165, 1.54) is 4.68 Å². The van der Waals surface area contributed by atoms with Crippen LogP contribution in [0.15, 0.2) is 61.2 Å². The van der Waals surface area contributed by atoms with Crippen LogP contribution in [-0.4, -0.2) is 55.7 Å². The summed E-state index contributed by atoms with van der Waals surface area (Å²) in [5, 5.41) is 19.9. The summed E-state index contributed by atoms with van der Waals surface area (Å²) in [7, 11) is 1.57. The highest BCUT2D eigenvalue weighted by Gasteiger charge is 2.46. The molecule has 4 aromatic rings. The first-order chi connectivity index (χ1) is 17.6. The summed E-state index contributed by atoms with van der Waals surface area (Å²) >= 11 is 0. The van der Waals surface area contributed by atoms with Crippen LogP contribution >= 0.6 is 0 Å². The Morgan fingerprint density at radius 2 is 1.92 bits per heavy atom. The third-order valence-electron chi connectivity index (χ3n) is 6.88. The molecule has 0 saturated heterocycles. The van der Waals surface area contributed by atoms with Crippen molar-refractivity contribution in [2.45, 2.75) is 44.6 Å². The Bertz CT molecular complexity index is 1420. The molecule has 0 fully saturated rings. The highest BCUT2D eigenvalue weighted by molar-refractivity contribution is 5.65. The number of methoxy groups -OCH3 is 1. The van der Waals surface area contributed by atoms with Gasteiger partial charge in [0.1, 0.15) is 23.5 Å². The van der Waals surface area contributed by atoms with Gasteiger partial charge in [-0.05, 0) is 50.5 Å². The van der Waals surface area contributed by atoms with Crippen LogP contribution in [-0.2, 0) is 12.0 Å². The molecule has 2 atom stereocenters. The monoisotopic (exact) mass is 512 g/mol. The zero-order valence-electron chi connectivity index (χ0n) is 20.6. The summed E-state index contributed by atoms with van der Waals surface area (Å²) in [6, 6.07) is 12.4. The van der Waals surface area contributed by atoms with Gasteiger partial charge in [0.05, 0.1) is 31.0 Å². The number of nitrogens with zero attached hydrogens (tertiary/aromatic N) is 6. The van der Waals surface area contributed by atoms with Gasteiger partial charge in [0.15, 0.2) is 6.23 Å². The normalized spacial score (nSPS) is 20.0. The number of aliphatic hydroxyl groups is 1. The lowest BCUT2D eigenvalue weighted by molar-refractivity contribution is -0.127. The summed E-state index contributed by atoms with van der Waals surface area (Å²) < 4.78 is 49.5. The fraction of sp³-hybridized carbons (Fsp3) is 0.346. The molecule has 11 heteroatoms. The van der Waals surface area contributed by atoms with E-state index in [9.17, 15) is 18.3 Å². The molecule has 1 aliphatic rings. The van der Waals surface area contributed by atoms with Gasteiger partial charge in [0.25, 0.3) is 0 Å². The summed E-state index contributed by atoms with van der Waals surface area (Å²) in [5.74, 6) is 0.594. The number of ether oxygens (including phenoxy) is 1. The number of halogens is 3.